The van der Waals surface area contributed by atoms with Gasteiger partial charge in [-0.05, 0) is 105 Å². The molecule has 0 bridgehead atoms. The van der Waals surface area contributed by atoms with Gasteiger partial charge in [-0.25, -0.2) is 0 Å². The van der Waals surface area contributed by atoms with Crippen LogP contribution in [0.25, 0.3) is 0 Å². The van der Waals surface area contributed by atoms with Crippen LogP contribution in [0.15, 0.2) is 47.1 Å². The quantitative estimate of drug-likeness (QED) is 0.342. The number of Topliss-reactive ketones (excluding diaryl/α,β-unsaturated/α-hetero) is 1. The van der Waals surface area contributed by atoms with Gasteiger partial charge in [-0.2, -0.15) is 0 Å². The van der Waals surface area contributed by atoms with E-state index in [0.717, 1.165) is 57.2 Å². The molecule has 0 saturated heterocycles. The number of aliphatic hydroxyl groups excluding tert-OH is 1. The molecule has 1 aromatic rings. The van der Waals surface area contributed by atoms with Crippen LogP contribution in [0.5, 0.6) is 0 Å². The first-order valence-electron chi connectivity index (χ1n) is 14.7. The summed E-state index contributed by atoms with van der Waals surface area (Å²) in [5.41, 5.74) is 4.85. The van der Waals surface area contributed by atoms with Gasteiger partial charge in [-0.3, -0.25) is 14.4 Å². The van der Waals surface area contributed by atoms with Gasteiger partial charge in [0.1, 0.15) is 0 Å². The zero-order chi connectivity index (χ0) is 27.9. The third-order valence-corrected chi connectivity index (χ3v) is 10.4. The largest absolute Gasteiger partial charge is 0.451 e. The number of esters is 1. The molecule has 0 heterocycles. The number of rotatable bonds is 8. The molecule has 210 valence electrons. The molecule has 0 unspecified atom stereocenters. The van der Waals surface area contributed by atoms with Crippen LogP contribution in [-0.2, 0) is 19.1 Å². The highest BCUT2D eigenvalue weighted by Gasteiger charge is 2.67. The van der Waals surface area contributed by atoms with Gasteiger partial charge in [0.25, 0.3) is 0 Å². The standard InChI is InChI=1S/C33H43NO5/c1-21(36)33(39-22(2)37)16-15-30-28-13-9-24-19-26(38)12-14-27(24)31(28)29(20-32(30,33)3)23-7-10-25(11-8-23)34(4)17-5-6-18-35/h7-8,10-11,19,28-30,35H,5-6,9,12-18,20H2,1-4H3/t28-,29+,30-,32-,33-/m0/s1. The fraction of sp³-hybridized carbons (Fsp3) is 0.606. The normalized spacial score (nSPS) is 31.7. The SMILES string of the molecule is CC(=O)O[C@]1(C(C)=O)CC[C@H]2[C@@H]3CCC4=CC(=O)CCC4=C3[C@@H](c3ccc(N(C)CCCCO)cc3)C[C@@]21C. The van der Waals surface area contributed by atoms with Crippen LogP contribution in [0.1, 0.15) is 90.0 Å². The number of ether oxygens (including phenoxy) is 1. The summed E-state index contributed by atoms with van der Waals surface area (Å²) in [6, 6.07) is 8.79. The molecule has 1 N–H and O–H groups in total. The number of hydrogen-bond acceptors (Lipinski definition) is 6. The van der Waals surface area contributed by atoms with Crippen LogP contribution in [0.2, 0.25) is 0 Å². The Morgan fingerprint density at radius 2 is 1.82 bits per heavy atom. The van der Waals surface area contributed by atoms with Gasteiger partial charge in [0.15, 0.2) is 17.2 Å². The molecular formula is C33H43NO5. The number of carbonyl (C=O) groups is 3. The number of benzene rings is 1. The Bertz CT molecular complexity index is 1210. The Hall–Kier alpha value is -2.73. The zero-order valence-electron chi connectivity index (χ0n) is 23.9. The number of unbranched alkanes of at least 4 members (excludes halogenated alkanes) is 1. The average molecular weight is 534 g/mol. The third-order valence-electron chi connectivity index (χ3n) is 10.4. The fourth-order valence-corrected chi connectivity index (χ4v) is 8.56. The Kier molecular flexibility index (Phi) is 7.62. The first kappa shape index (κ1) is 27.8. The summed E-state index contributed by atoms with van der Waals surface area (Å²) < 4.78 is 6.03. The summed E-state index contributed by atoms with van der Waals surface area (Å²) in [5, 5.41) is 9.13. The summed E-state index contributed by atoms with van der Waals surface area (Å²) >= 11 is 0. The Balaban J connectivity index is 1.58. The van der Waals surface area contributed by atoms with Crippen molar-refractivity contribution in [2.45, 2.75) is 90.1 Å². The topological polar surface area (TPSA) is 83.9 Å². The van der Waals surface area contributed by atoms with E-state index in [4.69, 9.17) is 9.84 Å². The number of nitrogens with zero attached hydrogens (tertiary/aromatic N) is 1. The highest BCUT2D eigenvalue weighted by molar-refractivity contribution is 5.93. The number of aliphatic hydroxyl groups is 1. The van der Waals surface area contributed by atoms with E-state index >= 15 is 0 Å². The van der Waals surface area contributed by atoms with E-state index in [0.29, 0.717) is 18.8 Å². The monoisotopic (exact) mass is 533 g/mol. The molecule has 0 spiro atoms. The van der Waals surface area contributed by atoms with Gasteiger partial charge >= 0.3 is 5.97 Å². The van der Waals surface area contributed by atoms with E-state index < -0.39 is 11.0 Å². The molecule has 0 amide bonds. The van der Waals surface area contributed by atoms with Gasteiger partial charge < -0.3 is 14.7 Å². The molecule has 4 aliphatic carbocycles. The smallest absolute Gasteiger partial charge is 0.303 e. The molecule has 4 aliphatic rings. The number of allylic oxidation sites excluding steroid dienone is 4. The molecular weight excluding hydrogens is 490 g/mol. The first-order chi connectivity index (χ1) is 18.6. The predicted molar refractivity (Wildman–Crippen MR) is 151 cm³/mol. The van der Waals surface area contributed by atoms with Crippen molar-refractivity contribution in [3.05, 3.63) is 52.6 Å². The first-order valence-corrected chi connectivity index (χ1v) is 14.7. The van der Waals surface area contributed by atoms with Gasteiger partial charge in [0, 0.05) is 50.6 Å². The maximum atomic E-state index is 13.3. The molecule has 6 heteroatoms. The number of carbonyl (C=O) groups excluding carboxylic acids is 3. The minimum absolute atomic E-state index is 0.0444. The van der Waals surface area contributed by atoms with Crippen LogP contribution in [0.3, 0.4) is 0 Å². The van der Waals surface area contributed by atoms with E-state index in [1.165, 1.54) is 29.2 Å². The Morgan fingerprint density at radius 3 is 2.49 bits per heavy atom. The van der Waals surface area contributed by atoms with Crippen LogP contribution in [0.4, 0.5) is 5.69 Å². The lowest BCUT2D eigenvalue weighted by Crippen LogP contribution is -2.57. The molecule has 2 fully saturated rings. The number of fused-ring (bicyclic) bond motifs is 4. The molecule has 5 rings (SSSR count). The van der Waals surface area contributed by atoms with Crippen LogP contribution in [0, 0.1) is 17.3 Å². The number of hydrogen-bond donors (Lipinski definition) is 1. The molecule has 0 aromatic heterocycles. The molecule has 6 nitrogen and oxygen atoms in total. The molecule has 1 aromatic carbocycles. The Morgan fingerprint density at radius 1 is 1.08 bits per heavy atom. The summed E-state index contributed by atoms with van der Waals surface area (Å²) in [6.45, 7) is 6.30. The van der Waals surface area contributed by atoms with Crippen LogP contribution >= 0.6 is 0 Å². The Labute approximate surface area is 232 Å². The second-order valence-electron chi connectivity index (χ2n) is 12.5. The van der Waals surface area contributed by atoms with E-state index in [-0.39, 0.29) is 36.0 Å². The minimum Gasteiger partial charge on any atom is -0.451 e. The van der Waals surface area contributed by atoms with E-state index in [1.807, 2.05) is 6.08 Å². The van der Waals surface area contributed by atoms with Crippen molar-refractivity contribution in [1.29, 1.82) is 0 Å². The lowest BCUT2D eigenvalue weighted by Gasteiger charge is -2.55. The van der Waals surface area contributed by atoms with Crippen molar-refractivity contribution in [1.82, 2.24) is 0 Å². The minimum atomic E-state index is -1.09. The predicted octanol–water partition coefficient (Wildman–Crippen LogP) is 5.69. The summed E-state index contributed by atoms with van der Waals surface area (Å²) in [4.78, 5) is 40.2. The second kappa shape index (κ2) is 10.7. The van der Waals surface area contributed by atoms with E-state index in [1.54, 1.807) is 6.92 Å². The van der Waals surface area contributed by atoms with E-state index in [2.05, 4.69) is 43.1 Å². The van der Waals surface area contributed by atoms with Gasteiger partial charge in [0.2, 0.25) is 0 Å². The van der Waals surface area contributed by atoms with Crippen molar-refractivity contribution >= 4 is 23.2 Å². The highest BCUT2D eigenvalue weighted by atomic mass is 16.6. The van der Waals surface area contributed by atoms with Gasteiger partial charge in [-0.15, -0.1) is 0 Å². The summed E-state index contributed by atoms with van der Waals surface area (Å²) in [7, 11) is 2.08. The molecule has 0 radical (unpaired) electrons. The number of anilines is 1. The lowest BCUT2D eigenvalue weighted by atomic mass is 9.50. The van der Waals surface area contributed by atoms with Gasteiger partial charge in [0.05, 0.1) is 0 Å². The highest BCUT2D eigenvalue weighted by Crippen LogP contribution is 2.67. The zero-order valence-corrected chi connectivity index (χ0v) is 23.9. The molecule has 2 saturated carbocycles. The summed E-state index contributed by atoms with van der Waals surface area (Å²) in [5.74, 6) is 0.467. The summed E-state index contributed by atoms with van der Waals surface area (Å²) in [6.07, 6.45) is 9.02. The lowest BCUT2D eigenvalue weighted by molar-refractivity contribution is -0.182. The van der Waals surface area contributed by atoms with E-state index in [9.17, 15) is 14.4 Å². The van der Waals surface area contributed by atoms with Crippen LogP contribution < -0.4 is 4.90 Å². The van der Waals surface area contributed by atoms with Crippen molar-refractivity contribution in [2.24, 2.45) is 17.3 Å². The maximum absolute atomic E-state index is 13.3. The molecule has 5 atom stereocenters. The fourth-order valence-electron chi connectivity index (χ4n) is 8.56. The molecule has 0 aliphatic heterocycles. The third kappa shape index (κ3) is 4.69. The maximum Gasteiger partial charge on any atom is 0.303 e. The number of ketones is 2. The average Bonchev–Trinajstić information content (AvgIpc) is 3.20. The van der Waals surface area contributed by atoms with Crippen molar-refractivity contribution < 1.29 is 24.2 Å². The van der Waals surface area contributed by atoms with Crippen molar-refractivity contribution in [3.63, 3.8) is 0 Å². The van der Waals surface area contributed by atoms with Crippen LogP contribution in [-0.4, -0.2) is 48.4 Å². The second-order valence-corrected chi connectivity index (χ2v) is 12.5. The van der Waals surface area contributed by atoms with Gasteiger partial charge in [-0.1, -0.05) is 24.6 Å². The van der Waals surface area contributed by atoms with Crippen molar-refractivity contribution in [2.75, 3.05) is 25.1 Å². The van der Waals surface area contributed by atoms with Crippen molar-refractivity contribution in [3.8, 4) is 0 Å². The molecule has 39 heavy (non-hydrogen) atoms.